The summed E-state index contributed by atoms with van der Waals surface area (Å²) in [6.45, 7) is 1.90. The highest BCUT2D eigenvalue weighted by Gasteiger charge is 2.10. The van der Waals surface area contributed by atoms with Gasteiger partial charge < -0.3 is 10.4 Å². The monoisotopic (exact) mass is 370 g/mol. The number of hydrogen-bond donors (Lipinski definition) is 3. The summed E-state index contributed by atoms with van der Waals surface area (Å²) in [5, 5.41) is 12.0. The smallest absolute Gasteiger partial charge is 0.256 e. The lowest BCUT2D eigenvalue weighted by molar-refractivity contribution is 0.102. The van der Waals surface area contributed by atoms with E-state index in [1.807, 2.05) is 19.1 Å². The minimum atomic E-state index is -0.524. The number of amides is 1. The zero-order valence-electron chi connectivity index (χ0n) is 10.0. The summed E-state index contributed by atoms with van der Waals surface area (Å²) >= 11 is 2.18. The van der Waals surface area contributed by atoms with Crippen molar-refractivity contribution < 1.29 is 9.90 Å². The molecule has 2 aromatic rings. The van der Waals surface area contributed by atoms with Crippen LogP contribution in [0.3, 0.4) is 0 Å². The normalized spacial score (nSPS) is 10.2. The van der Waals surface area contributed by atoms with Crippen molar-refractivity contribution in [2.24, 2.45) is 0 Å². The number of halogens is 1. The number of rotatable bonds is 2. The van der Waals surface area contributed by atoms with Crippen LogP contribution in [0.25, 0.3) is 0 Å². The van der Waals surface area contributed by atoms with E-state index in [9.17, 15) is 14.7 Å². The van der Waals surface area contributed by atoms with Gasteiger partial charge in [0.1, 0.15) is 0 Å². The number of benzene rings is 1. The van der Waals surface area contributed by atoms with Crippen LogP contribution in [0.2, 0.25) is 0 Å². The number of nitrogens with one attached hydrogen (secondary N) is 2. The lowest BCUT2D eigenvalue weighted by Crippen LogP contribution is -2.16. The van der Waals surface area contributed by atoms with Crippen LogP contribution in [0, 0.1) is 10.5 Å². The van der Waals surface area contributed by atoms with Crippen LogP contribution >= 0.6 is 22.6 Å². The molecule has 0 fully saturated rings. The molecule has 0 spiro atoms. The van der Waals surface area contributed by atoms with Crippen molar-refractivity contribution in [2.45, 2.75) is 6.92 Å². The molecule has 2 rings (SSSR count). The standard InChI is InChI=1S/C13H11IN2O3/c1-7-9(14)3-2-4-10(7)15-13(19)8-5-11(17)16-12(18)6-8/h2-6H,1H3,(H,15,19)(H2,16,17,18). The van der Waals surface area contributed by atoms with Gasteiger partial charge in [-0.25, -0.2) is 0 Å². The van der Waals surface area contributed by atoms with E-state index in [1.54, 1.807) is 6.07 Å². The number of carbonyl (C=O) groups is 1. The summed E-state index contributed by atoms with van der Waals surface area (Å²) in [6.07, 6.45) is 0. The van der Waals surface area contributed by atoms with Crippen molar-refractivity contribution in [3.05, 3.63) is 55.4 Å². The Morgan fingerprint density at radius 2 is 2.11 bits per heavy atom. The molecular weight excluding hydrogens is 359 g/mol. The van der Waals surface area contributed by atoms with Crippen LogP contribution in [-0.4, -0.2) is 16.0 Å². The predicted octanol–water partition coefficient (Wildman–Crippen LogP) is 2.25. The minimum Gasteiger partial charge on any atom is -0.494 e. The van der Waals surface area contributed by atoms with E-state index in [4.69, 9.17) is 0 Å². The first-order chi connectivity index (χ1) is 8.97. The van der Waals surface area contributed by atoms with Crippen molar-refractivity contribution >= 4 is 34.2 Å². The van der Waals surface area contributed by atoms with Crippen molar-refractivity contribution in [1.29, 1.82) is 0 Å². The van der Waals surface area contributed by atoms with Gasteiger partial charge in [-0.3, -0.25) is 14.6 Å². The van der Waals surface area contributed by atoms with Gasteiger partial charge in [0, 0.05) is 21.4 Å². The van der Waals surface area contributed by atoms with E-state index >= 15 is 0 Å². The number of pyridine rings is 1. The van der Waals surface area contributed by atoms with Crippen molar-refractivity contribution in [1.82, 2.24) is 4.98 Å². The van der Waals surface area contributed by atoms with Crippen molar-refractivity contribution in [3.63, 3.8) is 0 Å². The maximum Gasteiger partial charge on any atom is 0.256 e. The van der Waals surface area contributed by atoms with E-state index in [0.29, 0.717) is 5.69 Å². The van der Waals surface area contributed by atoms with E-state index in [0.717, 1.165) is 15.2 Å². The molecule has 1 heterocycles. The molecule has 0 unspecified atom stereocenters. The lowest BCUT2D eigenvalue weighted by atomic mass is 10.2. The van der Waals surface area contributed by atoms with Gasteiger partial charge in [0.15, 0.2) is 5.88 Å². The second kappa shape index (κ2) is 5.43. The van der Waals surface area contributed by atoms with Gasteiger partial charge in [0.2, 0.25) is 0 Å². The highest BCUT2D eigenvalue weighted by atomic mass is 127. The number of aromatic amines is 1. The average molecular weight is 370 g/mol. The summed E-state index contributed by atoms with van der Waals surface area (Å²) in [5.74, 6) is -0.775. The fourth-order valence-electron chi connectivity index (χ4n) is 1.60. The molecule has 3 N–H and O–H groups in total. The Balaban J connectivity index is 2.31. The molecule has 0 atom stereocenters. The van der Waals surface area contributed by atoms with Crippen LogP contribution in [0.1, 0.15) is 15.9 Å². The summed E-state index contributed by atoms with van der Waals surface area (Å²) in [7, 11) is 0. The van der Waals surface area contributed by atoms with E-state index in [1.165, 1.54) is 6.07 Å². The van der Waals surface area contributed by atoms with Crippen LogP contribution in [-0.2, 0) is 0 Å². The number of aromatic nitrogens is 1. The van der Waals surface area contributed by atoms with Crippen molar-refractivity contribution in [3.8, 4) is 5.88 Å². The molecule has 1 aromatic carbocycles. The predicted molar refractivity (Wildman–Crippen MR) is 80.6 cm³/mol. The Bertz CT molecular complexity index is 695. The van der Waals surface area contributed by atoms with Crippen LogP contribution in [0.4, 0.5) is 5.69 Å². The quantitative estimate of drug-likeness (QED) is 0.710. The molecule has 5 nitrogen and oxygen atoms in total. The number of H-pyrrole nitrogens is 1. The maximum absolute atomic E-state index is 12.0. The molecular formula is C13H11IN2O3. The molecule has 0 aliphatic rings. The molecule has 1 aromatic heterocycles. The fraction of sp³-hybridized carbons (Fsp3) is 0.0769. The molecule has 0 saturated carbocycles. The first kappa shape index (κ1) is 13.6. The number of hydrogen-bond acceptors (Lipinski definition) is 3. The molecule has 6 heteroatoms. The Morgan fingerprint density at radius 3 is 2.79 bits per heavy atom. The van der Waals surface area contributed by atoms with Crippen LogP contribution in [0.15, 0.2) is 35.1 Å². The number of aromatic hydroxyl groups is 1. The zero-order valence-corrected chi connectivity index (χ0v) is 12.2. The summed E-state index contributed by atoms with van der Waals surface area (Å²) in [4.78, 5) is 25.4. The first-order valence-electron chi connectivity index (χ1n) is 5.47. The second-order valence-corrected chi connectivity index (χ2v) is 5.15. The largest absolute Gasteiger partial charge is 0.494 e. The molecule has 0 aliphatic carbocycles. The Labute approximate surface area is 122 Å². The van der Waals surface area contributed by atoms with Gasteiger partial charge in [-0.15, -0.1) is 0 Å². The van der Waals surface area contributed by atoms with E-state index in [2.05, 4.69) is 32.9 Å². The molecule has 0 aliphatic heterocycles. The minimum absolute atomic E-state index is 0.111. The van der Waals surface area contributed by atoms with Crippen LogP contribution < -0.4 is 10.9 Å². The Morgan fingerprint density at radius 1 is 1.37 bits per heavy atom. The Kier molecular flexibility index (Phi) is 3.89. The van der Waals surface area contributed by atoms with E-state index in [-0.39, 0.29) is 11.4 Å². The molecule has 0 saturated heterocycles. The molecule has 98 valence electrons. The fourth-order valence-corrected chi connectivity index (χ4v) is 2.10. The second-order valence-electron chi connectivity index (χ2n) is 3.99. The summed E-state index contributed by atoms with van der Waals surface area (Å²) < 4.78 is 1.03. The van der Waals surface area contributed by atoms with Gasteiger partial charge in [-0.05, 0) is 47.2 Å². The van der Waals surface area contributed by atoms with Gasteiger partial charge in [-0.1, -0.05) is 6.07 Å². The SMILES string of the molecule is Cc1c(I)cccc1NC(=O)c1cc(O)[nH]c(=O)c1. The third kappa shape index (κ3) is 3.14. The molecule has 1 amide bonds. The lowest BCUT2D eigenvalue weighted by Gasteiger charge is -2.09. The number of anilines is 1. The maximum atomic E-state index is 12.0. The topological polar surface area (TPSA) is 82.2 Å². The third-order valence-corrected chi connectivity index (χ3v) is 3.78. The molecule has 19 heavy (non-hydrogen) atoms. The van der Waals surface area contributed by atoms with Crippen LogP contribution in [0.5, 0.6) is 5.88 Å². The molecule has 0 radical (unpaired) electrons. The highest BCUT2D eigenvalue weighted by molar-refractivity contribution is 14.1. The van der Waals surface area contributed by atoms with Gasteiger partial charge >= 0.3 is 0 Å². The van der Waals surface area contributed by atoms with Gasteiger partial charge in [0.25, 0.3) is 11.5 Å². The summed E-state index contributed by atoms with van der Waals surface area (Å²) in [5.41, 5.74) is 1.21. The Hall–Kier alpha value is -1.83. The van der Waals surface area contributed by atoms with Gasteiger partial charge in [-0.2, -0.15) is 0 Å². The third-order valence-electron chi connectivity index (χ3n) is 2.61. The average Bonchev–Trinajstić information content (AvgIpc) is 2.33. The number of carbonyl (C=O) groups excluding carboxylic acids is 1. The summed E-state index contributed by atoms with van der Waals surface area (Å²) in [6, 6.07) is 7.89. The van der Waals surface area contributed by atoms with E-state index < -0.39 is 11.5 Å². The highest BCUT2D eigenvalue weighted by Crippen LogP contribution is 2.21. The first-order valence-corrected chi connectivity index (χ1v) is 6.55. The van der Waals surface area contributed by atoms with Crippen molar-refractivity contribution in [2.75, 3.05) is 5.32 Å². The van der Waals surface area contributed by atoms with Gasteiger partial charge in [0.05, 0.1) is 5.56 Å². The molecule has 0 bridgehead atoms. The zero-order chi connectivity index (χ0) is 14.0.